The van der Waals surface area contributed by atoms with Gasteiger partial charge in [-0.3, -0.25) is 4.79 Å². The van der Waals surface area contributed by atoms with Crippen molar-refractivity contribution in [1.82, 2.24) is 4.98 Å². The first-order valence-electron chi connectivity index (χ1n) is 10.5. The summed E-state index contributed by atoms with van der Waals surface area (Å²) in [5, 5.41) is 3.02. The van der Waals surface area contributed by atoms with Gasteiger partial charge in [-0.05, 0) is 68.7 Å². The summed E-state index contributed by atoms with van der Waals surface area (Å²) in [5.74, 6) is 2.65. The average molecular weight is 418 g/mol. The molecule has 1 aromatic heterocycles. The Hall–Kier alpha value is -3.54. The monoisotopic (exact) mass is 418 g/mol. The maximum Gasteiger partial charge on any atom is 0.236 e. The van der Waals surface area contributed by atoms with Crippen LogP contribution in [0.25, 0.3) is 11.3 Å². The van der Waals surface area contributed by atoms with Gasteiger partial charge in [0.05, 0.1) is 17.2 Å². The summed E-state index contributed by atoms with van der Waals surface area (Å²) in [6.07, 6.45) is 1.65. The number of fused-ring (bicyclic) bond motifs is 1. The summed E-state index contributed by atoms with van der Waals surface area (Å²) >= 11 is 0. The number of ether oxygens (including phenoxy) is 3. The molecule has 0 unspecified atom stereocenters. The van der Waals surface area contributed by atoms with Crippen molar-refractivity contribution in [3.8, 4) is 28.5 Å². The van der Waals surface area contributed by atoms with Gasteiger partial charge in [0.15, 0.2) is 11.5 Å². The minimum absolute atomic E-state index is 0. The molecule has 2 heterocycles. The second kappa shape index (κ2) is 7.61. The van der Waals surface area contributed by atoms with Crippen molar-refractivity contribution in [3.05, 3.63) is 66.2 Å². The molecule has 1 N–H and O–H groups in total. The molecule has 31 heavy (non-hydrogen) atoms. The van der Waals surface area contributed by atoms with Crippen LogP contribution in [-0.4, -0.2) is 23.8 Å². The van der Waals surface area contributed by atoms with E-state index >= 15 is 0 Å². The van der Waals surface area contributed by atoms with E-state index in [-0.39, 0.29) is 20.2 Å². The van der Waals surface area contributed by atoms with Crippen LogP contribution in [0.1, 0.15) is 33.7 Å². The van der Waals surface area contributed by atoms with Crippen molar-refractivity contribution in [2.75, 3.05) is 12.1 Å². The molecule has 0 saturated heterocycles. The molecule has 2 aromatic carbocycles. The molecular formula is C25H26N2O4. The van der Waals surface area contributed by atoms with Crippen molar-refractivity contribution in [2.45, 2.75) is 38.2 Å². The molecule has 0 radical (unpaired) electrons. The lowest BCUT2D eigenvalue weighted by molar-refractivity contribution is -0.118. The first-order chi connectivity index (χ1) is 15.0. The fourth-order valence-electron chi connectivity index (χ4n) is 3.89. The van der Waals surface area contributed by atoms with Crippen LogP contribution in [0.2, 0.25) is 0 Å². The first-order valence-corrected chi connectivity index (χ1v) is 10.5. The Labute approximate surface area is 182 Å². The highest BCUT2D eigenvalue weighted by atomic mass is 16.7. The van der Waals surface area contributed by atoms with Crippen LogP contribution in [0.5, 0.6) is 17.2 Å². The van der Waals surface area contributed by atoms with E-state index in [2.05, 4.69) is 10.3 Å². The number of nitrogens with zero attached hydrogens (tertiary/aromatic N) is 1. The molecule has 6 heteroatoms. The van der Waals surface area contributed by atoms with Crippen molar-refractivity contribution in [3.63, 3.8) is 0 Å². The molecule has 1 aliphatic carbocycles. The van der Waals surface area contributed by atoms with Crippen LogP contribution in [-0.2, 0) is 10.2 Å². The number of carbonyl (C=O) groups excluding carboxylic acids is 1. The van der Waals surface area contributed by atoms with Gasteiger partial charge in [-0.15, -0.1) is 0 Å². The number of rotatable bonds is 6. The smallest absolute Gasteiger partial charge is 0.236 e. The molecule has 1 saturated carbocycles. The van der Waals surface area contributed by atoms with Crippen LogP contribution in [0.15, 0.2) is 60.7 Å². The SMILES string of the molecule is CC(C)Oc1ccccc1-c1cccc(NC(=O)C2(c3ccc4c(c3)OCO4)CC2)n1.[HH]. The van der Waals surface area contributed by atoms with E-state index in [1.807, 2.05) is 74.5 Å². The summed E-state index contributed by atoms with van der Waals surface area (Å²) in [6, 6.07) is 19.2. The summed E-state index contributed by atoms with van der Waals surface area (Å²) in [5.41, 5.74) is 2.05. The molecule has 5 rings (SSSR count). The van der Waals surface area contributed by atoms with Crippen molar-refractivity contribution < 1.29 is 20.4 Å². The highest BCUT2D eigenvalue weighted by Gasteiger charge is 2.51. The van der Waals surface area contributed by atoms with E-state index in [0.29, 0.717) is 11.6 Å². The van der Waals surface area contributed by atoms with E-state index in [1.54, 1.807) is 0 Å². The normalized spacial score (nSPS) is 15.6. The van der Waals surface area contributed by atoms with Gasteiger partial charge in [-0.2, -0.15) is 0 Å². The maximum absolute atomic E-state index is 13.2. The number of aromatic nitrogens is 1. The Morgan fingerprint density at radius 2 is 1.87 bits per heavy atom. The van der Waals surface area contributed by atoms with Crippen LogP contribution < -0.4 is 19.5 Å². The summed E-state index contributed by atoms with van der Waals surface area (Å²) in [7, 11) is 0. The number of nitrogens with one attached hydrogen (secondary N) is 1. The lowest BCUT2D eigenvalue weighted by Crippen LogP contribution is -2.28. The highest BCUT2D eigenvalue weighted by molar-refractivity contribution is 6.01. The maximum atomic E-state index is 13.2. The van der Waals surface area contributed by atoms with Gasteiger partial charge in [0, 0.05) is 6.99 Å². The fraction of sp³-hybridized carbons (Fsp3) is 0.280. The molecule has 0 spiro atoms. The van der Waals surface area contributed by atoms with Crippen LogP contribution in [0.4, 0.5) is 5.82 Å². The molecule has 3 aromatic rings. The first kappa shape index (κ1) is 19.4. The van der Waals surface area contributed by atoms with E-state index in [4.69, 9.17) is 14.2 Å². The largest absolute Gasteiger partial charge is 0.490 e. The summed E-state index contributed by atoms with van der Waals surface area (Å²) in [6.45, 7) is 4.20. The van der Waals surface area contributed by atoms with Crippen LogP contribution in [0.3, 0.4) is 0 Å². The van der Waals surface area contributed by atoms with Crippen molar-refractivity contribution >= 4 is 11.7 Å². The number of hydrogen-bond donors (Lipinski definition) is 1. The molecule has 2 aliphatic rings. The third-order valence-electron chi connectivity index (χ3n) is 5.63. The number of amides is 1. The molecular weight excluding hydrogens is 392 g/mol. The Bertz CT molecular complexity index is 1140. The Kier molecular flexibility index (Phi) is 4.77. The average Bonchev–Trinajstić information content (AvgIpc) is 3.45. The van der Waals surface area contributed by atoms with Crippen molar-refractivity contribution in [1.29, 1.82) is 0 Å². The van der Waals surface area contributed by atoms with Gasteiger partial charge in [0.25, 0.3) is 0 Å². The number of pyridine rings is 1. The minimum atomic E-state index is -0.544. The minimum Gasteiger partial charge on any atom is -0.490 e. The molecule has 160 valence electrons. The van der Waals surface area contributed by atoms with E-state index in [0.717, 1.165) is 41.2 Å². The van der Waals surface area contributed by atoms with Crippen molar-refractivity contribution in [2.24, 2.45) is 0 Å². The zero-order valence-electron chi connectivity index (χ0n) is 17.6. The number of hydrogen-bond acceptors (Lipinski definition) is 5. The molecule has 1 fully saturated rings. The van der Waals surface area contributed by atoms with Gasteiger partial charge in [-0.25, -0.2) is 4.98 Å². The van der Waals surface area contributed by atoms with E-state index in [9.17, 15) is 4.79 Å². The predicted octanol–water partition coefficient (Wildman–Crippen LogP) is 5.18. The zero-order chi connectivity index (χ0) is 21.4. The third-order valence-corrected chi connectivity index (χ3v) is 5.63. The van der Waals surface area contributed by atoms with E-state index in [1.165, 1.54) is 0 Å². The fourth-order valence-corrected chi connectivity index (χ4v) is 3.89. The lowest BCUT2D eigenvalue weighted by atomic mass is 9.94. The zero-order valence-corrected chi connectivity index (χ0v) is 17.6. The molecule has 0 atom stereocenters. The van der Waals surface area contributed by atoms with E-state index < -0.39 is 5.41 Å². The number of para-hydroxylation sites is 1. The Morgan fingerprint density at radius 3 is 2.68 bits per heavy atom. The second-order valence-electron chi connectivity index (χ2n) is 8.18. The molecule has 1 aliphatic heterocycles. The van der Waals surface area contributed by atoms with Gasteiger partial charge in [0.2, 0.25) is 12.7 Å². The van der Waals surface area contributed by atoms with Gasteiger partial charge in [-0.1, -0.05) is 24.3 Å². The summed E-state index contributed by atoms with van der Waals surface area (Å²) in [4.78, 5) is 17.9. The van der Waals surface area contributed by atoms with Crippen LogP contribution >= 0.6 is 0 Å². The standard InChI is InChI=1S/C25H24N2O4.H2/c1-16(2)31-20-8-4-3-6-18(20)19-7-5-9-23(26-19)27-24(28)25(12-13-25)17-10-11-21-22(14-17)30-15-29-21;/h3-11,14,16H,12-13,15H2,1-2H3,(H,26,27,28);1H. The quantitative estimate of drug-likeness (QED) is 0.597. The lowest BCUT2D eigenvalue weighted by Gasteiger charge is -2.17. The van der Waals surface area contributed by atoms with Gasteiger partial charge in [0.1, 0.15) is 11.6 Å². The molecule has 0 bridgehead atoms. The summed E-state index contributed by atoms with van der Waals surface area (Å²) < 4.78 is 16.8. The van der Waals surface area contributed by atoms with Crippen LogP contribution in [0, 0.1) is 0 Å². The Morgan fingerprint density at radius 1 is 1.06 bits per heavy atom. The topological polar surface area (TPSA) is 69.7 Å². The molecule has 1 amide bonds. The number of carbonyl (C=O) groups is 1. The van der Waals surface area contributed by atoms with Gasteiger partial charge < -0.3 is 19.5 Å². The van der Waals surface area contributed by atoms with Gasteiger partial charge >= 0.3 is 0 Å². The predicted molar refractivity (Wildman–Crippen MR) is 120 cm³/mol. The highest BCUT2D eigenvalue weighted by Crippen LogP contribution is 2.51. The second-order valence-corrected chi connectivity index (χ2v) is 8.18. The number of benzene rings is 2. The third kappa shape index (κ3) is 3.69. The number of anilines is 1. The molecule has 6 nitrogen and oxygen atoms in total. The Balaban J connectivity index is 0.00000245.